The summed E-state index contributed by atoms with van der Waals surface area (Å²) >= 11 is 0. The zero-order valence-electron chi connectivity index (χ0n) is 38.0. The van der Waals surface area contributed by atoms with Gasteiger partial charge in [0, 0.05) is 27.9 Å². The number of para-hydroxylation sites is 2. The minimum atomic E-state index is -0.585. The molecule has 0 radical (unpaired) electrons. The van der Waals surface area contributed by atoms with E-state index >= 15 is 0 Å². The van der Waals surface area contributed by atoms with E-state index in [4.69, 9.17) is 15.0 Å². The van der Waals surface area contributed by atoms with Crippen LogP contribution in [0.25, 0.3) is 107 Å². The van der Waals surface area contributed by atoms with Crippen LogP contribution >= 0.6 is 0 Å². The van der Waals surface area contributed by atoms with Crippen LogP contribution in [0.15, 0.2) is 255 Å². The van der Waals surface area contributed by atoms with Crippen LogP contribution in [0.3, 0.4) is 0 Å². The summed E-state index contributed by atoms with van der Waals surface area (Å²) in [5, 5.41) is 0. The molecule has 0 N–H and O–H groups in total. The molecule has 326 valence electrons. The molecule has 0 aliphatic heterocycles. The highest BCUT2D eigenvalue weighted by molar-refractivity contribution is 6.03. The minimum Gasteiger partial charge on any atom is -0.292 e. The molecule has 1 spiro atoms. The van der Waals surface area contributed by atoms with E-state index in [1.807, 2.05) is 12.1 Å². The van der Waals surface area contributed by atoms with E-state index in [1.54, 1.807) is 0 Å². The van der Waals surface area contributed by atoms with Crippen molar-refractivity contribution in [1.82, 2.24) is 19.5 Å². The van der Waals surface area contributed by atoms with Crippen LogP contribution in [0.2, 0.25) is 0 Å². The van der Waals surface area contributed by atoms with Gasteiger partial charge in [-0.15, -0.1) is 0 Å². The van der Waals surface area contributed by atoms with Gasteiger partial charge in [-0.1, -0.05) is 218 Å². The van der Waals surface area contributed by atoms with Crippen molar-refractivity contribution < 1.29 is 0 Å². The highest BCUT2D eigenvalue weighted by atomic mass is 15.1. The predicted molar refractivity (Wildman–Crippen MR) is 286 cm³/mol. The summed E-state index contributed by atoms with van der Waals surface area (Å²) in [4.78, 5) is 16.1. The maximum atomic E-state index is 5.38. The Hall–Kier alpha value is -9.25. The van der Waals surface area contributed by atoms with E-state index in [-0.39, 0.29) is 0 Å². The minimum absolute atomic E-state index is 0.585. The molecule has 2 aliphatic rings. The van der Waals surface area contributed by atoms with Crippen molar-refractivity contribution in [3.05, 3.63) is 277 Å². The topological polar surface area (TPSA) is 43.6 Å². The zero-order valence-corrected chi connectivity index (χ0v) is 38.0. The molecule has 0 saturated carbocycles. The summed E-state index contributed by atoms with van der Waals surface area (Å²) in [6.07, 6.45) is 0. The van der Waals surface area contributed by atoms with Gasteiger partial charge in [0.15, 0.2) is 5.82 Å². The van der Waals surface area contributed by atoms with Crippen LogP contribution < -0.4 is 0 Å². The van der Waals surface area contributed by atoms with E-state index in [9.17, 15) is 0 Å². The van der Waals surface area contributed by atoms with Crippen LogP contribution in [-0.4, -0.2) is 19.5 Å². The summed E-state index contributed by atoms with van der Waals surface area (Å²) in [6, 6.07) is 91.5. The monoisotopic (exact) mass is 890 g/mol. The molecule has 1 unspecified atom stereocenters. The first-order valence-electron chi connectivity index (χ1n) is 23.9. The molecule has 70 heavy (non-hydrogen) atoms. The summed E-state index contributed by atoms with van der Waals surface area (Å²) in [6.45, 7) is 0. The molecule has 4 nitrogen and oxygen atoms in total. The fourth-order valence-electron chi connectivity index (χ4n) is 11.5. The second kappa shape index (κ2) is 15.9. The number of hydrogen-bond acceptors (Lipinski definition) is 3. The molecule has 14 rings (SSSR count). The molecular weight excluding hydrogens is 849 g/mol. The third-order valence-corrected chi connectivity index (χ3v) is 14.4. The van der Waals surface area contributed by atoms with Gasteiger partial charge < -0.3 is 0 Å². The lowest BCUT2D eigenvalue weighted by Crippen LogP contribution is -2.25. The lowest BCUT2D eigenvalue weighted by molar-refractivity contribution is 0.794. The number of fused-ring (bicyclic) bond motifs is 11. The van der Waals surface area contributed by atoms with Gasteiger partial charge in [-0.25, -0.2) is 15.0 Å². The summed E-state index contributed by atoms with van der Waals surface area (Å²) < 4.78 is 2.31. The normalized spacial score (nSPS) is 14.1. The second-order valence-electron chi connectivity index (χ2n) is 18.2. The van der Waals surface area contributed by atoms with Crippen molar-refractivity contribution in [1.29, 1.82) is 0 Å². The van der Waals surface area contributed by atoms with E-state index in [2.05, 4.69) is 247 Å². The van der Waals surface area contributed by atoms with Gasteiger partial charge in [-0.3, -0.25) is 4.57 Å². The first-order valence-corrected chi connectivity index (χ1v) is 23.9. The first kappa shape index (κ1) is 39.9. The Kier molecular flexibility index (Phi) is 9.08. The number of nitrogens with zero attached hydrogens (tertiary/aromatic N) is 4. The van der Waals surface area contributed by atoms with Gasteiger partial charge in [-0.2, -0.15) is 0 Å². The second-order valence-corrected chi connectivity index (χ2v) is 18.2. The van der Waals surface area contributed by atoms with Gasteiger partial charge in [0.05, 0.1) is 27.8 Å². The Balaban J connectivity index is 0.960. The van der Waals surface area contributed by atoms with E-state index in [1.165, 1.54) is 55.6 Å². The van der Waals surface area contributed by atoms with Gasteiger partial charge >= 0.3 is 0 Å². The van der Waals surface area contributed by atoms with E-state index in [0.717, 1.165) is 67.3 Å². The number of aromatic nitrogens is 4. The summed E-state index contributed by atoms with van der Waals surface area (Å²) in [5.74, 6) is 1.61. The summed E-state index contributed by atoms with van der Waals surface area (Å²) in [5.41, 5.74) is 23.0. The fraction of sp³-hybridized carbons (Fsp3) is 0.0152. The number of hydrogen-bond donors (Lipinski definition) is 0. The lowest BCUT2D eigenvalue weighted by atomic mass is 9.70. The molecule has 4 heteroatoms. The molecule has 0 fully saturated rings. The van der Waals surface area contributed by atoms with Crippen LogP contribution in [0, 0.1) is 0 Å². The van der Waals surface area contributed by atoms with Gasteiger partial charge in [0.1, 0.15) is 5.82 Å². The van der Waals surface area contributed by atoms with Crippen molar-refractivity contribution in [2.24, 2.45) is 0 Å². The average molecular weight is 891 g/mol. The van der Waals surface area contributed by atoms with Gasteiger partial charge in [-0.05, 0) is 103 Å². The molecule has 2 heterocycles. The van der Waals surface area contributed by atoms with Crippen molar-refractivity contribution >= 4 is 11.0 Å². The zero-order chi connectivity index (χ0) is 46.2. The van der Waals surface area contributed by atoms with Crippen molar-refractivity contribution in [3.8, 4) is 95.5 Å². The van der Waals surface area contributed by atoms with E-state index in [0.29, 0.717) is 5.82 Å². The standard InChI is InChI=1S/C66H42N4/c1-4-20-43(21-5-1)46-26-17-29-49(41-46)70-61-39-15-14-38-58(61)69-65(70)48-28-16-27-47(40-48)50-32-18-36-56-62(50)51-30-10-12-34-54(51)66(56)55-35-13-11-31-52(55)63-53(33-19-37-57(63)66)64-67-59(44-22-6-2-7-23-44)42-60(68-64)45-24-8-3-9-25-45/h1-42H. The molecule has 0 amide bonds. The van der Waals surface area contributed by atoms with Crippen molar-refractivity contribution in [2.45, 2.75) is 5.41 Å². The number of rotatable bonds is 7. The maximum absolute atomic E-state index is 5.38. The molecule has 2 aromatic heterocycles. The van der Waals surface area contributed by atoms with E-state index < -0.39 is 5.41 Å². The quantitative estimate of drug-likeness (QED) is 0.160. The Morgan fingerprint density at radius 3 is 1.44 bits per heavy atom. The number of benzene rings is 10. The van der Waals surface area contributed by atoms with Gasteiger partial charge in [0.25, 0.3) is 0 Å². The molecule has 0 bridgehead atoms. The highest BCUT2D eigenvalue weighted by Gasteiger charge is 2.52. The molecule has 2 aliphatic carbocycles. The lowest BCUT2D eigenvalue weighted by Gasteiger charge is -2.30. The van der Waals surface area contributed by atoms with Crippen LogP contribution in [0.1, 0.15) is 22.3 Å². The highest BCUT2D eigenvalue weighted by Crippen LogP contribution is 2.65. The molecule has 10 aromatic carbocycles. The molecule has 12 aromatic rings. The Morgan fingerprint density at radius 2 is 0.771 bits per heavy atom. The first-order chi connectivity index (χ1) is 34.7. The average Bonchev–Trinajstić information content (AvgIpc) is 4.09. The van der Waals surface area contributed by atoms with Crippen LogP contribution in [0.4, 0.5) is 0 Å². The third kappa shape index (κ3) is 6.06. The van der Waals surface area contributed by atoms with Crippen LogP contribution in [0.5, 0.6) is 0 Å². The Bertz CT molecular complexity index is 3950. The predicted octanol–water partition coefficient (Wildman–Crippen LogP) is 16.2. The molecule has 0 saturated heterocycles. The number of imidazole rings is 1. The Labute approximate surface area is 406 Å². The third-order valence-electron chi connectivity index (χ3n) is 14.4. The molecular formula is C66H42N4. The Morgan fingerprint density at radius 1 is 0.300 bits per heavy atom. The van der Waals surface area contributed by atoms with Crippen LogP contribution in [-0.2, 0) is 5.41 Å². The maximum Gasteiger partial charge on any atom is 0.161 e. The largest absolute Gasteiger partial charge is 0.292 e. The van der Waals surface area contributed by atoms with Crippen molar-refractivity contribution in [3.63, 3.8) is 0 Å². The SMILES string of the molecule is c1ccc(-c2cccc(-n3c(-c4cccc(-c5cccc6c5-c5ccccc5C65c6ccccc6-c6c(-c7nc(-c8ccccc8)cc(-c8ccccc8)n7)cccc65)c4)nc4ccccc43)c2)cc1. The fourth-order valence-corrected chi connectivity index (χ4v) is 11.5. The van der Waals surface area contributed by atoms with Crippen molar-refractivity contribution in [2.75, 3.05) is 0 Å². The van der Waals surface area contributed by atoms with Gasteiger partial charge in [0.2, 0.25) is 0 Å². The molecule has 1 atom stereocenters. The summed E-state index contributed by atoms with van der Waals surface area (Å²) in [7, 11) is 0. The smallest absolute Gasteiger partial charge is 0.161 e.